The minimum Gasteiger partial charge on any atom is -0.458 e. The van der Waals surface area contributed by atoms with Crippen LogP contribution in [0.4, 0.5) is 0 Å². The molecule has 0 N–H and O–H groups in total. The molecule has 11 rings (SSSR count). The Kier molecular flexibility index (Phi) is 5.41. The summed E-state index contributed by atoms with van der Waals surface area (Å²) in [5, 5.41) is 2.44. The van der Waals surface area contributed by atoms with E-state index in [9.17, 15) is 0 Å². The van der Waals surface area contributed by atoms with E-state index in [-0.39, 0.29) is 6.71 Å². The Morgan fingerprint density at radius 1 is 0.469 bits per heavy atom. The number of fused-ring (bicyclic) bond motifs is 8. The van der Waals surface area contributed by atoms with E-state index in [2.05, 4.69) is 149 Å². The third kappa shape index (κ3) is 3.74. The van der Waals surface area contributed by atoms with Crippen LogP contribution in [0.25, 0.3) is 55.6 Å². The number of hydrogen-bond donors (Lipinski definition) is 0. The molecule has 0 amide bonds. The van der Waals surface area contributed by atoms with E-state index in [0.717, 1.165) is 84.2 Å². The standard InChI is InChI=1S/C43H26BN3O2/c1-7-19-34-28(13-1)29-14-2-8-20-35(29)47(34)36-21-9-3-15-30(36)43-45-33-18-6-10-22-37(33)46(43)27-25-40-42-41(26-27)49-39-24-12-5-17-32(39)44(42)31-16-4-11-23-38(31)48-40/h1-26H. The molecular weight excluding hydrogens is 601 g/mol. The van der Waals surface area contributed by atoms with Crippen molar-refractivity contribution in [2.24, 2.45) is 0 Å². The number of ether oxygens (including phenoxy) is 2. The number of rotatable bonds is 3. The van der Waals surface area contributed by atoms with Gasteiger partial charge >= 0.3 is 0 Å². The number of nitrogens with zero attached hydrogens (tertiary/aromatic N) is 3. The zero-order valence-corrected chi connectivity index (χ0v) is 26.2. The largest absolute Gasteiger partial charge is 0.458 e. The smallest absolute Gasteiger partial charge is 0.260 e. The quantitative estimate of drug-likeness (QED) is 0.185. The Morgan fingerprint density at radius 3 is 1.67 bits per heavy atom. The van der Waals surface area contributed by atoms with Crippen LogP contribution in [0.15, 0.2) is 158 Å². The van der Waals surface area contributed by atoms with Crippen molar-refractivity contribution in [1.82, 2.24) is 14.1 Å². The first-order chi connectivity index (χ1) is 24.3. The van der Waals surface area contributed by atoms with Crippen molar-refractivity contribution in [2.45, 2.75) is 0 Å². The van der Waals surface area contributed by atoms with Crippen LogP contribution in [0.1, 0.15) is 0 Å². The minimum atomic E-state index is 0.0176. The number of imidazole rings is 1. The van der Waals surface area contributed by atoms with Crippen LogP contribution >= 0.6 is 0 Å². The summed E-state index contributed by atoms with van der Waals surface area (Å²) in [6.45, 7) is 0.0176. The maximum Gasteiger partial charge on any atom is 0.260 e. The molecule has 0 unspecified atom stereocenters. The monoisotopic (exact) mass is 627 g/mol. The lowest BCUT2D eigenvalue weighted by molar-refractivity contribution is 0.464. The fraction of sp³-hybridized carbons (Fsp3) is 0. The molecule has 0 atom stereocenters. The minimum absolute atomic E-state index is 0.0176. The molecule has 2 aliphatic heterocycles. The fourth-order valence-electron chi connectivity index (χ4n) is 8.02. The highest BCUT2D eigenvalue weighted by atomic mass is 16.5. The molecule has 5 nitrogen and oxygen atoms in total. The molecular formula is C43H26BN3O2. The normalized spacial score (nSPS) is 12.8. The number of para-hydroxylation sites is 7. The predicted molar refractivity (Wildman–Crippen MR) is 199 cm³/mol. The summed E-state index contributed by atoms with van der Waals surface area (Å²) in [7, 11) is 0. The zero-order chi connectivity index (χ0) is 32.1. The molecule has 228 valence electrons. The molecule has 2 aromatic heterocycles. The Labute approximate surface area is 282 Å². The lowest BCUT2D eigenvalue weighted by Crippen LogP contribution is -2.57. The Bertz CT molecular complexity index is 2690. The Hall–Kier alpha value is -6.53. The third-order valence-corrected chi connectivity index (χ3v) is 10.1. The van der Waals surface area contributed by atoms with E-state index in [1.54, 1.807) is 0 Å². The first-order valence-electron chi connectivity index (χ1n) is 16.6. The fourth-order valence-corrected chi connectivity index (χ4v) is 8.02. The van der Waals surface area contributed by atoms with Crippen LogP contribution in [-0.2, 0) is 0 Å². The highest BCUT2D eigenvalue weighted by Gasteiger charge is 2.40. The molecule has 49 heavy (non-hydrogen) atoms. The van der Waals surface area contributed by atoms with E-state index in [0.29, 0.717) is 0 Å². The van der Waals surface area contributed by atoms with Gasteiger partial charge in [-0.05, 0) is 59.5 Å². The van der Waals surface area contributed by atoms with Gasteiger partial charge in [0.1, 0.15) is 28.8 Å². The molecule has 0 radical (unpaired) electrons. The summed E-state index contributed by atoms with van der Waals surface area (Å²) >= 11 is 0. The average molecular weight is 628 g/mol. The van der Waals surface area contributed by atoms with Gasteiger partial charge in [0.25, 0.3) is 6.71 Å². The van der Waals surface area contributed by atoms with Crippen molar-refractivity contribution in [3.8, 4) is 45.8 Å². The van der Waals surface area contributed by atoms with Crippen LogP contribution in [0.5, 0.6) is 23.0 Å². The molecule has 2 aliphatic rings. The van der Waals surface area contributed by atoms with E-state index >= 15 is 0 Å². The maximum absolute atomic E-state index is 6.70. The molecule has 7 aromatic carbocycles. The van der Waals surface area contributed by atoms with Gasteiger partial charge in [-0.2, -0.15) is 0 Å². The van der Waals surface area contributed by atoms with Crippen LogP contribution in [0.3, 0.4) is 0 Å². The second kappa shape index (κ2) is 9.99. The topological polar surface area (TPSA) is 41.2 Å². The van der Waals surface area contributed by atoms with Crippen molar-refractivity contribution in [2.75, 3.05) is 0 Å². The maximum atomic E-state index is 6.70. The van der Waals surface area contributed by atoms with Crippen molar-refractivity contribution < 1.29 is 9.47 Å². The van der Waals surface area contributed by atoms with Crippen LogP contribution in [-0.4, -0.2) is 20.8 Å². The lowest BCUT2D eigenvalue weighted by Gasteiger charge is -2.33. The van der Waals surface area contributed by atoms with Crippen LogP contribution in [0.2, 0.25) is 0 Å². The Morgan fingerprint density at radius 2 is 1.00 bits per heavy atom. The number of aromatic nitrogens is 3. The van der Waals surface area contributed by atoms with Gasteiger partial charge in [0.05, 0.1) is 33.4 Å². The zero-order valence-electron chi connectivity index (χ0n) is 26.2. The molecule has 0 fully saturated rings. The van der Waals surface area contributed by atoms with Gasteiger partial charge in [-0.3, -0.25) is 4.57 Å². The highest BCUT2D eigenvalue weighted by Crippen LogP contribution is 2.41. The van der Waals surface area contributed by atoms with Gasteiger partial charge in [0, 0.05) is 33.9 Å². The first kappa shape index (κ1) is 26.5. The molecule has 4 heterocycles. The molecule has 0 saturated heterocycles. The van der Waals surface area contributed by atoms with Gasteiger partial charge < -0.3 is 14.0 Å². The van der Waals surface area contributed by atoms with Gasteiger partial charge in [0.15, 0.2) is 0 Å². The summed E-state index contributed by atoms with van der Waals surface area (Å²) in [5.74, 6) is 4.17. The molecule has 0 bridgehead atoms. The first-order valence-corrected chi connectivity index (χ1v) is 16.6. The van der Waals surface area contributed by atoms with E-state index in [1.165, 1.54) is 10.8 Å². The number of benzene rings is 7. The van der Waals surface area contributed by atoms with E-state index in [4.69, 9.17) is 14.5 Å². The van der Waals surface area contributed by atoms with Gasteiger partial charge in [0.2, 0.25) is 0 Å². The molecule has 0 aliphatic carbocycles. The summed E-state index contributed by atoms with van der Waals surface area (Å²) in [5.41, 5.74) is 10.6. The predicted octanol–water partition coefficient (Wildman–Crippen LogP) is 8.52. The molecule has 0 saturated carbocycles. The van der Waals surface area contributed by atoms with Crippen LogP contribution in [0, 0.1) is 0 Å². The van der Waals surface area contributed by atoms with Gasteiger partial charge in [-0.25, -0.2) is 4.98 Å². The van der Waals surface area contributed by atoms with Crippen molar-refractivity contribution in [1.29, 1.82) is 0 Å². The lowest BCUT2D eigenvalue weighted by atomic mass is 9.35. The number of hydrogen-bond acceptors (Lipinski definition) is 3. The van der Waals surface area contributed by atoms with Crippen molar-refractivity contribution >= 4 is 55.9 Å². The van der Waals surface area contributed by atoms with Crippen LogP contribution < -0.4 is 25.9 Å². The Balaban J connectivity index is 1.18. The van der Waals surface area contributed by atoms with E-state index < -0.39 is 0 Å². The van der Waals surface area contributed by atoms with E-state index in [1.807, 2.05) is 18.2 Å². The van der Waals surface area contributed by atoms with Crippen molar-refractivity contribution in [3.05, 3.63) is 158 Å². The van der Waals surface area contributed by atoms with Crippen molar-refractivity contribution in [3.63, 3.8) is 0 Å². The molecule has 6 heteroatoms. The summed E-state index contributed by atoms with van der Waals surface area (Å²) in [6, 6.07) is 55.1. The van der Waals surface area contributed by atoms with Gasteiger partial charge in [-0.15, -0.1) is 0 Å². The highest BCUT2D eigenvalue weighted by molar-refractivity contribution is 6.98. The third-order valence-electron chi connectivity index (χ3n) is 10.1. The average Bonchev–Trinajstić information content (AvgIpc) is 3.71. The van der Waals surface area contributed by atoms with Gasteiger partial charge in [-0.1, -0.05) is 97.1 Å². The summed E-state index contributed by atoms with van der Waals surface area (Å²) in [6.07, 6.45) is 0. The summed E-state index contributed by atoms with van der Waals surface area (Å²) < 4.78 is 18.0. The second-order valence-corrected chi connectivity index (χ2v) is 12.7. The SMILES string of the molecule is c1ccc2c(c1)Oc1cc(-n3c(-c4ccccc4-n4c5ccccc5c5ccccc54)nc4ccccc43)cc3c1B2c1ccccc1O3. The molecule has 9 aromatic rings. The summed E-state index contributed by atoms with van der Waals surface area (Å²) in [4.78, 5) is 5.33. The molecule has 0 spiro atoms. The second-order valence-electron chi connectivity index (χ2n) is 12.7.